The summed E-state index contributed by atoms with van der Waals surface area (Å²) in [6, 6.07) is 23.6. The first kappa shape index (κ1) is 18.7. The lowest BCUT2D eigenvalue weighted by Gasteiger charge is -2.13. The highest BCUT2D eigenvalue weighted by molar-refractivity contribution is 5.90. The van der Waals surface area contributed by atoms with E-state index in [0.29, 0.717) is 18.7 Å². The van der Waals surface area contributed by atoms with Crippen molar-refractivity contribution in [1.29, 1.82) is 0 Å². The van der Waals surface area contributed by atoms with Crippen LogP contribution in [0, 0.1) is 0 Å². The number of hydrogen-bond donors (Lipinski definition) is 0. The number of amides is 1. The molecule has 0 radical (unpaired) electrons. The smallest absolute Gasteiger partial charge is 0.293 e. The number of nitrogens with zero attached hydrogens (tertiary/aromatic N) is 4. The molecule has 0 N–H and O–H groups in total. The minimum Gasteiger partial charge on any atom is -0.467 e. The molecule has 0 atom stereocenters. The van der Waals surface area contributed by atoms with E-state index < -0.39 is 0 Å². The molecule has 2 aromatic carbocycles. The van der Waals surface area contributed by atoms with Gasteiger partial charge >= 0.3 is 0 Å². The summed E-state index contributed by atoms with van der Waals surface area (Å²) >= 11 is 0. The molecule has 0 saturated heterocycles. The van der Waals surface area contributed by atoms with Gasteiger partial charge in [-0.05, 0) is 36.2 Å². The zero-order valence-electron chi connectivity index (χ0n) is 16.2. The third kappa shape index (κ3) is 4.43. The molecule has 0 aliphatic carbocycles. The molecule has 0 unspecified atom stereocenters. The van der Waals surface area contributed by atoms with Crippen molar-refractivity contribution in [3.63, 3.8) is 0 Å². The van der Waals surface area contributed by atoms with E-state index in [0.717, 1.165) is 17.9 Å². The standard InChI is InChI=1S/C23H22N4O2/c1-26(17-20-13-8-16-29-20)23(28)22-24-21(15-14-18-9-4-2-5-10-18)27(25-22)19-11-6-3-7-12-19/h2-13,16H,14-15,17H2,1H3. The van der Waals surface area contributed by atoms with Gasteiger partial charge in [0.25, 0.3) is 5.91 Å². The van der Waals surface area contributed by atoms with Gasteiger partial charge in [-0.3, -0.25) is 4.79 Å². The topological polar surface area (TPSA) is 64.2 Å². The molecule has 29 heavy (non-hydrogen) atoms. The molecule has 2 aromatic heterocycles. The number of aromatic nitrogens is 3. The fraction of sp³-hybridized carbons (Fsp3) is 0.174. The van der Waals surface area contributed by atoms with Crippen molar-refractivity contribution in [3.8, 4) is 5.69 Å². The van der Waals surface area contributed by atoms with Crippen LogP contribution in [0.5, 0.6) is 0 Å². The number of hydrogen-bond acceptors (Lipinski definition) is 4. The number of para-hydroxylation sites is 1. The Hall–Kier alpha value is -3.67. The summed E-state index contributed by atoms with van der Waals surface area (Å²) in [6.45, 7) is 0.366. The molecular weight excluding hydrogens is 364 g/mol. The van der Waals surface area contributed by atoms with Gasteiger partial charge in [-0.15, -0.1) is 5.10 Å². The van der Waals surface area contributed by atoms with Gasteiger partial charge in [-0.1, -0.05) is 48.5 Å². The van der Waals surface area contributed by atoms with E-state index in [4.69, 9.17) is 4.42 Å². The second-order valence-corrected chi connectivity index (χ2v) is 6.83. The summed E-state index contributed by atoms with van der Waals surface area (Å²) in [5.74, 6) is 1.42. The molecule has 0 aliphatic rings. The molecule has 0 saturated carbocycles. The maximum absolute atomic E-state index is 12.9. The molecule has 0 spiro atoms. The average Bonchev–Trinajstić information content (AvgIpc) is 3.43. The highest BCUT2D eigenvalue weighted by Gasteiger charge is 2.21. The number of benzene rings is 2. The maximum atomic E-state index is 12.9. The number of carbonyl (C=O) groups is 1. The highest BCUT2D eigenvalue weighted by Crippen LogP contribution is 2.14. The van der Waals surface area contributed by atoms with Crippen LogP contribution in [-0.4, -0.2) is 32.6 Å². The first-order valence-electron chi connectivity index (χ1n) is 9.54. The molecule has 4 aromatic rings. The summed E-state index contributed by atoms with van der Waals surface area (Å²) in [7, 11) is 1.72. The predicted molar refractivity (Wildman–Crippen MR) is 110 cm³/mol. The normalized spacial score (nSPS) is 10.8. The van der Waals surface area contributed by atoms with E-state index in [1.54, 1.807) is 29.0 Å². The second-order valence-electron chi connectivity index (χ2n) is 6.83. The zero-order chi connectivity index (χ0) is 20.1. The second kappa shape index (κ2) is 8.56. The quantitative estimate of drug-likeness (QED) is 0.483. The largest absolute Gasteiger partial charge is 0.467 e. The summed E-state index contributed by atoms with van der Waals surface area (Å²) in [6.07, 6.45) is 3.10. The van der Waals surface area contributed by atoms with E-state index in [9.17, 15) is 4.79 Å². The molecule has 0 bridgehead atoms. The zero-order valence-corrected chi connectivity index (χ0v) is 16.2. The van der Waals surface area contributed by atoms with Crippen LogP contribution in [-0.2, 0) is 19.4 Å². The summed E-state index contributed by atoms with van der Waals surface area (Å²) in [5.41, 5.74) is 2.11. The number of rotatable bonds is 7. The van der Waals surface area contributed by atoms with E-state index in [2.05, 4.69) is 22.2 Å². The van der Waals surface area contributed by atoms with Crippen LogP contribution < -0.4 is 0 Å². The number of aryl methyl sites for hydroxylation is 2. The third-order valence-electron chi connectivity index (χ3n) is 4.67. The lowest BCUT2D eigenvalue weighted by Crippen LogP contribution is -2.27. The van der Waals surface area contributed by atoms with Crippen molar-refractivity contribution >= 4 is 5.91 Å². The minimum atomic E-state index is -0.239. The fourth-order valence-corrected chi connectivity index (χ4v) is 3.15. The molecule has 146 valence electrons. The van der Waals surface area contributed by atoms with E-state index in [1.165, 1.54) is 5.56 Å². The fourth-order valence-electron chi connectivity index (χ4n) is 3.15. The van der Waals surface area contributed by atoms with Crippen molar-refractivity contribution in [2.24, 2.45) is 0 Å². The van der Waals surface area contributed by atoms with Gasteiger partial charge in [0, 0.05) is 13.5 Å². The van der Waals surface area contributed by atoms with E-state index in [-0.39, 0.29) is 11.7 Å². The Morgan fingerprint density at radius 3 is 2.38 bits per heavy atom. The Morgan fingerprint density at radius 2 is 1.69 bits per heavy atom. The third-order valence-corrected chi connectivity index (χ3v) is 4.67. The Kier molecular flexibility index (Phi) is 5.52. The summed E-state index contributed by atoms with van der Waals surface area (Å²) in [4.78, 5) is 19.0. The lowest BCUT2D eigenvalue weighted by atomic mass is 10.1. The Morgan fingerprint density at radius 1 is 0.966 bits per heavy atom. The van der Waals surface area contributed by atoms with Gasteiger partial charge in [-0.2, -0.15) is 0 Å². The molecule has 2 heterocycles. The molecule has 0 aliphatic heterocycles. The lowest BCUT2D eigenvalue weighted by molar-refractivity contribution is 0.0763. The molecule has 4 rings (SSSR count). The maximum Gasteiger partial charge on any atom is 0.293 e. The van der Waals surface area contributed by atoms with Crippen molar-refractivity contribution in [2.75, 3.05) is 7.05 Å². The number of carbonyl (C=O) groups excluding carboxylic acids is 1. The Labute approximate surface area is 169 Å². The van der Waals surface area contributed by atoms with Gasteiger partial charge in [0.1, 0.15) is 11.6 Å². The first-order chi connectivity index (χ1) is 14.2. The van der Waals surface area contributed by atoms with Crippen molar-refractivity contribution in [3.05, 3.63) is 102 Å². The van der Waals surface area contributed by atoms with Gasteiger partial charge in [0.05, 0.1) is 18.5 Å². The van der Waals surface area contributed by atoms with Crippen LogP contribution >= 0.6 is 0 Å². The molecular formula is C23H22N4O2. The van der Waals surface area contributed by atoms with Gasteiger partial charge in [-0.25, -0.2) is 9.67 Å². The van der Waals surface area contributed by atoms with Crippen molar-refractivity contribution in [2.45, 2.75) is 19.4 Å². The van der Waals surface area contributed by atoms with Gasteiger partial charge in [0.15, 0.2) is 0 Å². The Balaban J connectivity index is 1.59. The number of furan rings is 1. The molecule has 6 nitrogen and oxygen atoms in total. The Bertz CT molecular complexity index is 1060. The van der Waals surface area contributed by atoms with Gasteiger partial charge < -0.3 is 9.32 Å². The SMILES string of the molecule is CN(Cc1ccco1)C(=O)c1nc(CCc2ccccc2)n(-c2ccccc2)n1. The minimum absolute atomic E-state index is 0.186. The molecule has 6 heteroatoms. The predicted octanol–water partition coefficient (Wildman–Crippen LogP) is 3.92. The van der Waals surface area contributed by atoms with Crippen LogP contribution in [0.25, 0.3) is 5.69 Å². The molecule has 1 amide bonds. The van der Waals surface area contributed by atoms with Crippen LogP contribution in [0.1, 0.15) is 27.8 Å². The summed E-state index contributed by atoms with van der Waals surface area (Å²) in [5, 5.41) is 4.53. The highest BCUT2D eigenvalue weighted by atomic mass is 16.3. The van der Waals surface area contributed by atoms with Crippen LogP contribution in [0.3, 0.4) is 0 Å². The average molecular weight is 386 g/mol. The van der Waals surface area contributed by atoms with Crippen molar-refractivity contribution in [1.82, 2.24) is 19.7 Å². The van der Waals surface area contributed by atoms with Crippen LogP contribution in [0.15, 0.2) is 83.5 Å². The van der Waals surface area contributed by atoms with E-state index >= 15 is 0 Å². The van der Waals surface area contributed by atoms with Crippen molar-refractivity contribution < 1.29 is 9.21 Å². The van der Waals surface area contributed by atoms with Crippen LogP contribution in [0.4, 0.5) is 0 Å². The van der Waals surface area contributed by atoms with E-state index in [1.807, 2.05) is 54.6 Å². The van der Waals surface area contributed by atoms with Gasteiger partial charge in [0.2, 0.25) is 5.82 Å². The summed E-state index contributed by atoms with van der Waals surface area (Å²) < 4.78 is 7.10. The van der Waals surface area contributed by atoms with Crippen LogP contribution in [0.2, 0.25) is 0 Å². The first-order valence-corrected chi connectivity index (χ1v) is 9.54. The molecule has 0 fully saturated rings. The monoisotopic (exact) mass is 386 g/mol.